The van der Waals surface area contributed by atoms with Crippen LogP contribution in [0.1, 0.15) is 25.0 Å². The van der Waals surface area contributed by atoms with Crippen molar-refractivity contribution in [1.82, 2.24) is 0 Å². The van der Waals surface area contributed by atoms with Crippen molar-refractivity contribution in [2.24, 2.45) is 0 Å². The van der Waals surface area contributed by atoms with Gasteiger partial charge in [0.1, 0.15) is 0 Å². The third kappa shape index (κ3) is 4.47. The molecule has 0 radical (unpaired) electrons. The second kappa shape index (κ2) is 11.7. The van der Waals surface area contributed by atoms with Crippen LogP contribution in [0.3, 0.4) is 0 Å². The average Bonchev–Trinajstić information content (AvgIpc) is 3.74. The molecule has 0 saturated carbocycles. The second-order valence-electron chi connectivity index (χ2n) is 16.0. The van der Waals surface area contributed by atoms with E-state index < -0.39 is 0 Å². The van der Waals surface area contributed by atoms with Crippen LogP contribution in [0.5, 0.6) is 0 Å². The first-order chi connectivity index (χ1) is 27.5. The van der Waals surface area contributed by atoms with Gasteiger partial charge in [-0.1, -0.05) is 172 Å². The van der Waals surface area contributed by atoms with Gasteiger partial charge in [-0.15, -0.1) is 11.3 Å². The zero-order valence-corrected chi connectivity index (χ0v) is 32.0. The minimum Gasteiger partial charge on any atom is -0.135 e. The van der Waals surface area contributed by atoms with E-state index in [1.807, 2.05) is 11.3 Å². The first kappa shape index (κ1) is 31.8. The minimum atomic E-state index is -0.146. The number of hydrogen-bond donors (Lipinski definition) is 0. The molecule has 0 atom stereocenters. The maximum Gasteiger partial charge on any atom is 0.0433 e. The van der Waals surface area contributed by atoms with E-state index in [1.165, 1.54) is 119 Å². The zero-order valence-electron chi connectivity index (χ0n) is 31.2. The van der Waals surface area contributed by atoms with Gasteiger partial charge in [0.25, 0.3) is 0 Å². The SMILES string of the molecule is CC1(C)c2cc(-c3cccc(-c4c5ccccc5c(-c5ccc6ccccc6c5)c5ccccc45)c3)ccc2-c2ccc3c(ccc4c5ccccc5sc34)c21. The normalized spacial score (nSPS) is 13.3. The lowest BCUT2D eigenvalue weighted by atomic mass is 9.79. The molecule has 56 heavy (non-hydrogen) atoms. The summed E-state index contributed by atoms with van der Waals surface area (Å²) in [6.45, 7) is 4.84. The molecule has 0 saturated heterocycles. The molecule has 1 aromatic heterocycles. The number of thiophene rings is 1. The quantitative estimate of drug-likeness (QED) is 0.159. The van der Waals surface area contributed by atoms with Crippen LogP contribution < -0.4 is 0 Å². The summed E-state index contributed by atoms with van der Waals surface area (Å²) in [4.78, 5) is 0. The highest BCUT2D eigenvalue weighted by atomic mass is 32.1. The van der Waals surface area contributed by atoms with Gasteiger partial charge in [-0.05, 0) is 123 Å². The van der Waals surface area contributed by atoms with Gasteiger partial charge in [-0.2, -0.15) is 0 Å². The number of benzene rings is 10. The van der Waals surface area contributed by atoms with Crippen molar-refractivity contribution >= 4 is 74.6 Å². The molecule has 1 aliphatic carbocycles. The molecule has 0 fully saturated rings. The van der Waals surface area contributed by atoms with Gasteiger partial charge in [0, 0.05) is 25.6 Å². The fourth-order valence-electron chi connectivity index (χ4n) is 10.0. The predicted molar refractivity (Wildman–Crippen MR) is 243 cm³/mol. The summed E-state index contributed by atoms with van der Waals surface area (Å²) in [5.41, 5.74) is 13.0. The molecule has 0 N–H and O–H groups in total. The van der Waals surface area contributed by atoms with Crippen LogP contribution >= 0.6 is 11.3 Å². The Morgan fingerprint density at radius 3 is 1.64 bits per heavy atom. The molecule has 12 rings (SSSR count). The Bertz CT molecular complexity index is 3390. The van der Waals surface area contributed by atoms with Crippen LogP contribution in [-0.2, 0) is 5.41 Å². The molecule has 0 bridgehead atoms. The van der Waals surface area contributed by atoms with Crippen LogP contribution in [0.2, 0.25) is 0 Å². The summed E-state index contributed by atoms with van der Waals surface area (Å²) in [6.07, 6.45) is 0. The fraction of sp³-hybridized carbons (Fsp3) is 0.0545. The second-order valence-corrected chi connectivity index (χ2v) is 17.0. The number of fused-ring (bicyclic) bond motifs is 12. The third-order valence-electron chi connectivity index (χ3n) is 12.6. The Morgan fingerprint density at radius 1 is 0.357 bits per heavy atom. The van der Waals surface area contributed by atoms with E-state index in [1.54, 1.807) is 0 Å². The topological polar surface area (TPSA) is 0 Å². The first-order valence-corrected chi connectivity index (χ1v) is 20.4. The molecule has 262 valence electrons. The lowest BCUT2D eigenvalue weighted by molar-refractivity contribution is 0.666. The van der Waals surface area contributed by atoms with Gasteiger partial charge in [-0.3, -0.25) is 0 Å². The molecule has 0 spiro atoms. The van der Waals surface area contributed by atoms with E-state index in [0.29, 0.717) is 0 Å². The average molecular weight is 729 g/mol. The fourth-order valence-corrected chi connectivity index (χ4v) is 11.3. The summed E-state index contributed by atoms with van der Waals surface area (Å²) < 4.78 is 2.74. The standard InChI is InChI=1S/C55H36S/c1-55(2)49-32-36(24-25-39(49)45-26-29-48-46(53(45)55)27-28-47-40-16-9-10-21-50(40)56-54(47)48)35-14-11-15-37(31-35)51-41-17-5-7-19-43(41)52(44-20-8-6-18-42(44)51)38-23-22-33-12-3-4-13-34(33)30-38/h3-32H,1-2H3. The van der Waals surface area contributed by atoms with E-state index in [-0.39, 0.29) is 5.41 Å². The Balaban J connectivity index is 1.00. The molecule has 1 heteroatoms. The number of hydrogen-bond acceptors (Lipinski definition) is 1. The van der Waals surface area contributed by atoms with Crippen molar-refractivity contribution in [1.29, 1.82) is 0 Å². The zero-order chi connectivity index (χ0) is 37.1. The molecular formula is C55H36S. The van der Waals surface area contributed by atoms with E-state index in [4.69, 9.17) is 0 Å². The van der Waals surface area contributed by atoms with Crippen molar-refractivity contribution in [3.8, 4) is 44.5 Å². The highest BCUT2D eigenvalue weighted by molar-refractivity contribution is 7.26. The first-order valence-electron chi connectivity index (χ1n) is 19.6. The third-order valence-corrected chi connectivity index (χ3v) is 13.8. The smallest absolute Gasteiger partial charge is 0.0433 e. The predicted octanol–water partition coefficient (Wildman–Crippen LogP) is 16.0. The molecular weight excluding hydrogens is 693 g/mol. The lowest BCUT2D eigenvalue weighted by Crippen LogP contribution is -2.15. The maximum atomic E-state index is 2.47. The van der Waals surface area contributed by atoms with Crippen LogP contribution in [0.4, 0.5) is 0 Å². The van der Waals surface area contributed by atoms with Crippen LogP contribution in [-0.4, -0.2) is 0 Å². The Hall–Kier alpha value is -6.54. The Kier molecular flexibility index (Phi) is 6.66. The van der Waals surface area contributed by atoms with Gasteiger partial charge in [0.05, 0.1) is 0 Å². The van der Waals surface area contributed by atoms with Crippen LogP contribution in [0.15, 0.2) is 182 Å². The van der Waals surface area contributed by atoms with E-state index in [9.17, 15) is 0 Å². The lowest BCUT2D eigenvalue weighted by Gasteiger charge is -2.24. The van der Waals surface area contributed by atoms with E-state index >= 15 is 0 Å². The van der Waals surface area contributed by atoms with Crippen molar-refractivity contribution < 1.29 is 0 Å². The molecule has 1 heterocycles. The molecule has 1 aliphatic rings. The molecule has 11 aromatic rings. The van der Waals surface area contributed by atoms with Crippen molar-refractivity contribution in [3.63, 3.8) is 0 Å². The van der Waals surface area contributed by atoms with Gasteiger partial charge in [0.15, 0.2) is 0 Å². The van der Waals surface area contributed by atoms with Gasteiger partial charge < -0.3 is 0 Å². The molecule has 10 aromatic carbocycles. The summed E-state index contributed by atoms with van der Waals surface area (Å²) in [5.74, 6) is 0. The summed E-state index contributed by atoms with van der Waals surface area (Å²) >= 11 is 1.92. The highest BCUT2D eigenvalue weighted by Gasteiger charge is 2.37. The molecule has 0 unspecified atom stereocenters. The largest absolute Gasteiger partial charge is 0.135 e. The Labute approximate surface area is 329 Å². The summed E-state index contributed by atoms with van der Waals surface area (Å²) in [6, 6.07) is 68.2. The van der Waals surface area contributed by atoms with E-state index in [2.05, 4.69) is 196 Å². The van der Waals surface area contributed by atoms with Crippen molar-refractivity contribution in [2.75, 3.05) is 0 Å². The van der Waals surface area contributed by atoms with Crippen LogP contribution in [0.25, 0.3) is 108 Å². The Morgan fingerprint density at radius 2 is 0.893 bits per heavy atom. The highest BCUT2D eigenvalue weighted by Crippen LogP contribution is 2.54. The van der Waals surface area contributed by atoms with Gasteiger partial charge in [-0.25, -0.2) is 0 Å². The van der Waals surface area contributed by atoms with Crippen molar-refractivity contribution in [2.45, 2.75) is 19.3 Å². The van der Waals surface area contributed by atoms with Gasteiger partial charge >= 0.3 is 0 Å². The molecule has 0 aliphatic heterocycles. The number of rotatable bonds is 3. The minimum absolute atomic E-state index is 0.146. The van der Waals surface area contributed by atoms with Gasteiger partial charge in [0.2, 0.25) is 0 Å². The maximum absolute atomic E-state index is 2.47. The van der Waals surface area contributed by atoms with Crippen molar-refractivity contribution in [3.05, 3.63) is 193 Å². The summed E-state index contributed by atoms with van der Waals surface area (Å²) in [5, 5.41) is 13.1. The monoisotopic (exact) mass is 728 g/mol. The molecule has 0 amide bonds. The molecule has 0 nitrogen and oxygen atoms in total. The van der Waals surface area contributed by atoms with Crippen LogP contribution in [0, 0.1) is 0 Å². The summed E-state index contributed by atoms with van der Waals surface area (Å²) in [7, 11) is 0. The van der Waals surface area contributed by atoms with E-state index in [0.717, 1.165) is 0 Å².